The lowest BCUT2D eigenvalue weighted by atomic mass is 10.3. The Balaban J connectivity index is 1.37. The van der Waals surface area contributed by atoms with Crippen LogP contribution in [0.4, 0.5) is 5.69 Å². The van der Waals surface area contributed by atoms with Gasteiger partial charge in [-0.3, -0.25) is 4.79 Å². The minimum absolute atomic E-state index is 0.139. The third-order valence-corrected chi connectivity index (χ3v) is 5.44. The standard InChI is InChI=1S/C21H22N4O4S/c1-3-25-20(14(2)29-16-7-5-4-6-8-16)23-24-21(25)30-12-19(26)22-15-9-10-17-18(11-15)28-13-27-17/h4-11,14H,3,12-13H2,1-2H3,(H,22,26)/t14-/m1/s1. The van der Waals surface area contributed by atoms with E-state index in [-0.39, 0.29) is 24.6 Å². The number of hydrogen-bond donors (Lipinski definition) is 1. The summed E-state index contributed by atoms with van der Waals surface area (Å²) in [5.74, 6) is 2.87. The van der Waals surface area contributed by atoms with Crippen LogP contribution < -0.4 is 19.5 Å². The molecule has 1 atom stereocenters. The Morgan fingerprint density at radius 2 is 2.00 bits per heavy atom. The van der Waals surface area contributed by atoms with Crippen LogP contribution in [0.1, 0.15) is 25.8 Å². The lowest BCUT2D eigenvalue weighted by Crippen LogP contribution is -2.15. The molecule has 30 heavy (non-hydrogen) atoms. The van der Waals surface area contributed by atoms with Crippen molar-refractivity contribution in [2.24, 2.45) is 0 Å². The summed E-state index contributed by atoms with van der Waals surface area (Å²) in [5.41, 5.74) is 0.660. The zero-order chi connectivity index (χ0) is 20.9. The first-order chi connectivity index (χ1) is 14.6. The Bertz CT molecular complexity index is 1030. The number of amides is 1. The fraction of sp³-hybridized carbons (Fsp3) is 0.286. The number of rotatable bonds is 8. The predicted octanol–water partition coefficient (Wildman–Crippen LogP) is 3.90. The van der Waals surface area contributed by atoms with Crippen molar-refractivity contribution in [1.82, 2.24) is 14.8 Å². The Morgan fingerprint density at radius 1 is 1.20 bits per heavy atom. The lowest BCUT2D eigenvalue weighted by molar-refractivity contribution is -0.113. The summed E-state index contributed by atoms with van der Waals surface area (Å²) in [6, 6.07) is 14.9. The molecule has 0 bridgehead atoms. The number of para-hydroxylation sites is 1. The van der Waals surface area contributed by atoms with E-state index in [2.05, 4.69) is 15.5 Å². The lowest BCUT2D eigenvalue weighted by Gasteiger charge is -2.15. The molecule has 1 N–H and O–H groups in total. The molecular formula is C21H22N4O4S. The van der Waals surface area contributed by atoms with Crippen LogP contribution in [0.2, 0.25) is 0 Å². The highest BCUT2D eigenvalue weighted by Crippen LogP contribution is 2.34. The van der Waals surface area contributed by atoms with E-state index in [1.165, 1.54) is 11.8 Å². The number of ether oxygens (including phenoxy) is 3. The van der Waals surface area contributed by atoms with Crippen molar-refractivity contribution in [2.45, 2.75) is 31.7 Å². The van der Waals surface area contributed by atoms with Gasteiger partial charge >= 0.3 is 0 Å². The molecular weight excluding hydrogens is 404 g/mol. The number of thioether (sulfide) groups is 1. The second-order valence-corrected chi connectivity index (χ2v) is 7.51. The summed E-state index contributed by atoms with van der Waals surface area (Å²) in [7, 11) is 0. The quantitative estimate of drug-likeness (QED) is 0.547. The van der Waals surface area contributed by atoms with Crippen molar-refractivity contribution in [3.05, 3.63) is 54.4 Å². The molecule has 0 saturated carbocycles. The molecule has 0 radical (unpaired) electrons. The minimum atomic E-state index is -0.267. The van der Waals surface area contributed by atoms with Crippen molar-refractivity contribution < 1.29 is 19.0 Å². The third kappa shape index (κ3) is 4.51. The Labute approximate surface area is 178 Å². The van der Waals surface area contributed by atoms with Crippen LogP contribution in [0.3, 0.4) is 0 Å². The first kappa shape index (κ1) is 20.1. The molecule has 0 fully saturated rings. The fourth-order valence-electron chi connectivity index (χ4n) is 3.06. The minimum Gasteiger partial charge on any atom is -0.483 e. The van der Waals surface area contributed by atoms with Gasteiger partial charge in [0.15, 0.2) is 28.6 Å². The van der Waals surface area contributed by atoms with Gasteiger partial charge in [0.1, 0.15) is 5.75 Å². The van der Waals surface area contributed by atoms with Crippen molar-refractivity contribution in [1.29, 1.82) is 0 Å². The van der Waals surface area contributed by atoms with Gasteiger partial charge < -0.3 is 24.1 Å². The number of benzene rings is 2. The van der Waals surface area contributed by atoms with Gasteiger partial charge in [0.25, 0.3) is 0 Å². The molecule has 1 aliphatic rings. The average molecular weight is 426 g/mol. The summed E-state index contributed by atoms with van der Waals surface area (Å²) in [5, 5.41) is 12.1. The SMILES string of the molecule is CCn1c(SCC(=O)Nc2ccc3c(c2)OCO3)nnc1[C@@H](C)Oc1ccccc1. The second-order valence-electron chi connectivity index (χ2n) is 6.56. The van der Waals surface area contributed by atoms with Crippen LogP contribution in [-0.2, 0) is 11.3 Å². The predicted molar refractivity (Wildman–Crippen MR) is 113 cm³/mol. The van der Waals surface area contributed by atoms with Crippen molar-refractivity contribution >= 4 is 23.4 Å². The van der Waals surface area contributed by atoms with Gasteiger partial charge in [0.05, 0.1) is 5.75 Å². The van der Waals surface area contributed by atoms with E-state index in [1.54, 1.807) is 18.2 Å². The summed E-state index contributed by atoms with van der Waals surface area (Å²) < 4.78 is 18.5. The maximum absolute atomic E-state index is 12.4. The fourth-order valence-corrected chi connectivity index (χ4v) is 3.87. The highest BCUT2D eigenvalue weighted by Gasteiger charge is 2.20. The van der Waals surface area contributed by atoms with Crippen molar-refractivity contribution in [3.8, 4) is 17.2 Å². The summed E-state index contributed by atoms with van der Waals surface area (Å²) in [6.07, 6.45) is -0.267. The van der Waals surface area contributed by atoms with E-state index in [0.29, 0.717) is 28.9 Å². The van der Waals surface area contributed by atoms with Crippen LogP contribution >= 0.6 is 11.8 Å². The van der Waals surface area contributed by atoms with Gasteiger partial charge in [-0.25, -0.2) is 0 Å². The van der Waals surface area contributed by atoms with Crippen LogP contribution in [0.15, 0.2) is 53.7 Å². The summed E-state index contributed by atoms with van der Waals surface area (Å²) >= 11 is 1.33. The number of hydrogen-bond acceptors (Lipinski definition) is 7. The van der Waals surface area contributed by atoms with E-state index in [1.807, 2.05) is 48.7 Å². The smallest absolute Gasteiger partial charge is 0.234 e. The molecule has 0 aliphatic carbocycles. The molecule has 1 amide bonds. The van der Waals surface area contributed by atoms with E-state index < -0.39 is 0 Å². The Hall–Kier alpha value is -3.20. The second kappa shape index (κ2) is 9.08. The summed E-state index contributed by atoms with van der Waals surface area (Å²) in [4.78, 5) is 12.4. The number of carbonyl (C=O) groups is 1. The zero-order valence-electron chi connectivity index (χ0n) is 16.7. The molecule has 2 heterocycles. The van der Waals surface area contributed by atoms with E-state index in [0.717, 1.165) is 11.6 Å². The molecule has 3 aromatic rings. The van der Waals surface area contributed by atoms with E-state index >= 15 is 0 Å². The van der Waals surface area contributed by atoms with Crippen molar-refractivity contribution in [2.75, 3.05) is 17.9 Å². The zero-order valence-corrected chi connectivity index (χ0v) is 17.5. The largest absolute Gasteiger partial charge is 0.483 e. The molecule has 1 aromatic heterocycles. The first-order valence-electron chi connectivity index (χ1n) is 9.61. The number of aromatic nitrogens is 3. The number of nitrogens with one attached hydrogen (secondary N) is 1. The highest BCUT2D eigenvalue weighted by molar-refractivity contribution is 7.99. The van der Waals surface area contributed by atoms with E-state index in [9.17, 15) is 4.79 Å². The topological polar surface area (TPSA) is 87.5 Å². The van der Waals surface area contributed by atoms with Gasteiger partial charge in [-0.2, -0.15) is 0 Å². The number of nitrogens with zero attached hydrogens (tertiary/aromatic N) is 3. The van der Waals surface area contributed by atoms with E-state index in [4.69, 9.17) is 14.2 Å². The van der Waals surface area contributed by atoms with Gasteiger partial charge in [0, 0.05) is 18.3 Å². The third-order valence-electron chi connectivity index (χ3n) is 4.47. The molecule has 4 rings (SSSR count). The number of anilines is 1. The summed E-state index contributed by atoms with van der Waals surface area (Å²) in [6.45, 7) is 4.82. The first-order valence-corrected chi connectivity index (χ1v) is 10.6. The molecule has 1 aliphatic heterocycles. The molecule has 0 spiro atoms. The van der Waals surface area contributed by atoms with Gasteiger partial charge in [-0.15, -0.1) is 10.2 Å². The molecule has 156 valence electrons. The molecule has 0 saturated heterocycles. The monoisotopic (exact) mass is 426 g/mol. The highest BCUT2D eigenvalue weighted by atomic mass is 32.2. The van der Waals surface area contributed by atoms with Crippen LogP contribution in [0.5, 0.6) is 17.2 Å². The van der Waals surface area contributed by atoms with Crippen LogP contribution in [0.25, 0.3) is 0 Å². The average Bonchev–Trinajstić information content (AvgIpc) is 3.39. The van der Waals surface area contributed by atoms with Gasteiger partial charge in [0.2, 0.25) is 12.7 Å². The van der Waals surface area contributed by atoms with Gasteiger partial charge in [-0.1, -0.05) is 30.0 Å². The van der Waals surface area contributed by atoms with Crippen LogP contribution in [0, 0.1) is 0 Å². The number of carbonyl (C=O) groups excluding carboxylic acids is 1. The molecule has 0 unspecified atom stereocenters. The molecule has 9 heteroatoms. The van der Waals surface area contributed by atoms with Crippen molar-refractivity contribution in [3.63, 3.8) is 0 Å². The Kier molecular flexibility index (Phi) is 6.08. The maximum Gasteiger partial charge on any atom is 0.234 e. The van der Waals surface area contributed by atoms with Crippen LogP contribution in [-0.4, -0.2) is 33.2 Å². The Morgan fingerprint density at radius 3 is 2.80 bits per heavy atom. The molecule has 8 nitrogen and oxygen atoms in total. The number of fused-ring (bicyclic) bond motifs is 1. The maximum atomic E-state index is 12.4. The van der Waals surface area contributed by atoms with Gasteiger partial charge in [-0.05, 0) is 38.1 Å². The normalized spacial score (nSPS) is 13.1. The molecule has 2 aromatic carbocycles.